The second-order valence-electron chi connectivity index (χ2n) is 2.28. The number of aliphatic imine (C=N–C) groups is 1. The molecule has 0 amide bonds. The Hall–Kier alpha value is -1.59. The number of rotatable bonds is 6. The molecular formula is C8H14N2O4. The molecule has 0 aliphatic rings. The number of carbonyl (C=O) groups excluding carboxylic acids is 2. The van der Waals surface area contributed by atoms with Crippen LogP contribution in [0.3, 0.4) is 0 Å². The van der Waals surface area contributed by atoms with Crippen LogP contribution in [0.5, 0.6) is 0 Å². The van der Waals surface area contributed by atoms with Crippen LogP contribution in [-0.4, -0.2) is 31.9 Å². The molecule has 0 aromatic heterocycles. The summed E-state index contributed by atoms with van der Waals surface area (Å²) >= 11 is 0. The molecule has 1 N–H and O–H groups in total. The van der Waals surface area contributed by atoms with Gasteiger partial charge in [0.25, 0.3) is 0 Å². The third kappa shape index (κ3) is 7.08. The van der Waals surface area contributed by atoms with E-state index >= 15 is 0 Å². The van der Waals surface area contributed by atoms with Gasteiger partial charge in [0, 0.05) is 7.05 Å². The Morgan fingerprint density at radius 3 is 2.57 bits per heavy atom. The molecule has 0 aliphatic carbocycles. The first-order valence-corrected chi connectivity index (χ1v) is 4.22. The van der Waals surface area contributed by atoms with Gasteiger partial charge < -0.3 is 9.57 Å². The van der Waals surface area contributed by atoms with E-state index in [2.05, 4.69) is 20.0 Å². The molecule has 0 aromatic carbocycles. The van der Waals surface area contributed by atoms with Gasteiger partial charge >= 0.3 is 11.9 Å². The van der Waals surface area contributed by atoms with Crippen LogP contribution in [0.25, 0.3) is 0 Å². The van der Waals surface area contributed by atoms with Crippen molar-refractivity contribution in [2.24, 2.45) is 4.99 Å². The van der Waals surface area contributed by atoms with E-state index < -0.39 is 11.9 Å². The summed E-state index contributed by atoms with van der Waals surface area (Å²) in [5, 5.41) is 0. The number of ether oxygens (including phenoxy) is 1. The van der Waals surface area contributed by atoms with Crippen molar-refractivity contribution in [3.8, 4) is 0 Å². The lowest BCUT2D eigenvalue weighted by Crippen LogP contribution is -2.19. The molecule has 6 heteroatoms. The van der Waals surface area contributed by atoms with Crippen LogP contribution in [0, 0.1) is 0 Å². The number of carbonyl (C=O) groups is 2. The highest BCUT2D eigenvalue weighted by atomic mass is 16.7. The summed E-state index contributed by atoms with van der Waals surface area (Å²) in [5.41, 5.74) is 2.20. The second kappa shape index (κ2) is 8.03. The van der Waals surface area contributed by atoms with Gasteiger partial charge in [-0.3, -0.25) is 9.79 Å². The van der Waals surface area contributed by atoms with Crippen LogP contribution in [0.1, 0.15) is 19.8 Å². The average Bonchev–Trinajstić information content (AvgIpc) is 2.16. The van der Waals surface area contributed by atoms with Crippen LogP contribution in [0.15, 0.2) is 4.99 Å². The summed E-state index contributed by atoms with van der Waals surface area (Å²) in [6.45, 7) is 2.02. The monoisotopic (exact) mass is 202 g/mol. The highest BCUT2D eigenvalue weighted by Gasteiger charge is 2.07. The molecule has 0 fully saturated rings. The maximum Gasteiger partial charge on any atom is 0.332 e. The molecule has 80 valence electrons. The van der Waals surface area contributed by atoms with E-state index in [4.69, 9.17) is 0 Å². The Bertz CT molecular complexity index is 215. The summed E-state index contributed by atoms with van der Waals surface area (Å²) in [6, 6.07) is 0. The molecule has 0 atom stereocenters. The van der Waals surface area contributed by atoms with Gasteiger partial charge in [0.05, 0.1) is 19.4 Å². The lowest BCUT2D eigenvalue weighted by Gasteiger charge is -2.02. The fourth-order valence-electron chi connectivity index (χ4n) is 0.633. The summed E-state index contributed by atoms with van der Waals surface area (Å²) < 4.78 is 4.62. The van der Waals surface area contributed by atoms with Crippen molar-refractivity contribution in [2.45, 2.75) is 19.8 Å². The van der Waals surface area contributed by atoms with Gasteiger partial charge in [-0.15, -0.1) is 0 Å². The predicted octanol–water partition coefficient (Wildman–Crippen LogP) is 0.0356. The molecule has 14 heavy (non-hydrogen) atoms. The highest BCUT2D eigenvalue weighted by Crippen LogP contribution is 1.94. The summed E-state index contributed by atoms with van der Waals surface area (Å²) in [7, 11) is 1.53. The number of nitrogens with one attached hydrogen (secondary N) is 1. The number of hydrogen-bond acceptors (Lipinski definition) is 5. The fourth-order valence-corrected chi connectivity index (χ4v) is 0.633. The number of nitrogens with zero attached hydrogens (tertiary/aromatic N) is 1. The molecule has 0 heterocycles. The Morgan fingerprint density at radius 2 is 2.00 bits per heavy atom. The van der Waals surface area contributed by atoms with Gasteiger partial charge in [-0.2, -0.15) is 0 Å². The zero-order valence-electron chi connectivity index (χ0n) is 8.28. The SMILES string of the molecule is CCOC(=O)CCC(=O)ONC=NC. The summed E-state index contributed by atoms with van der Waals surface area (Å²) in [5.74, 6) is -0.938. The van der Waals surface area contributed by atoms with E-state index in [1.165, 1.54) is 13.4 Å². The molecule has 0 spiro atoms. The Morgan fingerprint density at radius 1 is 1.36 bits per heavy atom. The van der Waals surface area contributed by atoms with Crippen LogP contribution >= 0.6 is 0 Å². The molecule has 0 aliphatic heterocycles. The fraction of sp³-hybridized carbons (Fsp3) is 0.625. The molecular weight excluding hydrogens is 188 g/mol. The molecule has 0 unspecified atom stereocenters. The van der Waals surface area contributed by atoms with Crippen molar-refractivity contribution in [1.82, 2.24) is 5.48 Å². The Balaban J connectivity index is 3.48. The lowest BCUT2D eigenvalue weighted by molar-refractivity contribution is -0.152. The van der Waals surface area contributed by atoms with Crippen LogP contribution in [-0.2, 0) is 19.2 Å². The molecule has 0 aromatic rings. The van der Waals surface area contributed by atoms with Gasteiger partial charge in [0.15, 0.2) is 0 Å². The van der Waals surface area contributed by atoms with Crippen molar-refractivity contribution < 1.29 is 19.2 Å². The van der Waals surface area contributed by atoms with Crippen molar-refractivity contribution >= 4 is 18.3 Å². The summed E-state index contributed by atoms with van der Waals surface area (Å²) in [4.78, 5) is 29.7. The second-order valence-corrected chi connectivity index (χ2v) is 2.28. The first kappa shape index (κ1) is 12.4. The zero-order valence-corrected chi connectivity index (χ0v) is 8.28. The smallest absolute Gasteiger partial charge is 0.332 e. The number of hydroxylamine groups is 1. The van der Waals surface area contributed by atoms with Crippen molar-refractivity contribution in [3.63, 3.8) is 0 Å². The van der Waals surface area contributed by atoms with E-state index in [1.54, 1.807) is 6.92 Å². The highest BCUT2D eigenvalue weighted by molar-refractivity contribution is 5.77. The Kier molecular flexibility index (Phi) is 7.12. The van der Waals surface area contributed by atoms with E-state index in [0.29, 0.717) is 6.61 Å². The van der Waals surface area contributed by atoms with Gasteiger partial charge in [0.2, 0.25) is 0 Å². The van der Waals surface area contributed by atoms with Gasteiger partial charge in [0.1, 0.15) is 6.34 Å². The molecule has 0 saturated carbocycles. The first-order valence-electron chi connectivity index (χ1n) is 4.22. The van der Waals surface area contributed by atoms with E-state index in [9.17, 15) is 9.59 Å². The zero-order chi connectivity index (χ0) is 10.8. The summed E-state index contributed by atoms with van der Waals surface area (Å²) in [6.07, 6.45) is 1.24. The van der Waals surface area contributed by atoms with Crippen LogP contribution in [0.2, 0.25) is 0 Å². The molecule has 0 rings (SSSR count). The van der Waals surface area contributed by atoms with Crippen molar-refractivity contribution in [2.75, 3.05) is 13.7 Å². The normalized spacial score (nSPS) is 9.86. The minimum atomic E-state index is -0.530. The van der Waals surface area contributed by atoms with E-state index in [0.717, 1.165) is 0 Å². The minimum Gasteiger partial charge on any atom is -0.466 e. The maximum absolute atomic E-state index is 10.9. The van der Waals surface area contributed by atoms with Crippen molar-refractivity contribution in [1.29, 1.82) is 0 Å². The molecule has 0 saturated heterocycles. The van der Waals surface area contributed by atoms with E-state index in [-0.39, 0.29) is 12.8 Å². The van der Waals surface area contributed by atoms with Crippen molar-refractivity contribution in [3.05, 3.63) is 0 Å². The third-order valence-electron chi connectivity index (χ3n) is 1.19. The number of esters is 1. The van der Waals surface area contributed by atoms with Gasteiger partial charge in [-0.25, -0.2) is 10.3 Å². The van der Waals surface area contributed by atoms with Gasteiger partial charge in [-0.1, -0.05) is 0 Å². The largest absolute Gasteiger partial charge is 0.466 e. The van der Waals surface area contributed by atoms with Crippen LogP contribution in [0.4, 0.5) is 0 Å². The van der Waals surface area contributed by atoms with Gasteiger partial charge in [-0.05, 0) is 6.92 Å². The quantitative estimate of drug-likeness (QED) is 0.285. The number of hydrogen-bond donors (Lipinski definition) is 1. The Labute approximate surface area is 82.2 Å². The predicted molar refractivity (Wildman–Crippen MR) is 49.5 cm³/mol. The lowest BCUT2D eigenvalue weighted by atomic mass is 10.3. The van der Waals surface area contributed by atoms with E-state index in [1.807, 2.05) is 0 Å². The standard InChI is InChI=1S/C8H14N2O4/c1-3-13-7(11)4-5-8(12)14-10-6-9-2/h6H,3-5H2,1-2H3,(H,9,10). The third-order valence-corrected chi connectivity index (χ3v) is 1.19. The first-order chi connectivity index (χ1) is 6.70. The average molecular weight is 202 g/mol. The minimum absolute atomic E-state index is 0.0105. The topological polar surface area (TPSA) is 77.0 Å². The maximum atomic E-state index is 10.9. The molecule has 0 bridgehead atoms. The molecule has 6 nitrogen and oxygen atoms in total. The molecule has 0 radical (unpaired) electrons. The van der Waals surface area contributed by atoms with Crippen LogP contribution < -0.4 is 5.48 Å².